The summed E-state index contributed by atoms with van der Waals surface area (Å²) in [6, 6.07) is 6.94. The Hall–Kier alpha value is -1.02. The van der Waals surface area contributed by atoms with Crippen LogP contribution in [0.5, 0.6) is 0 Å². The number of anilines is 1. The molecule has 112 valence electrons. The lowest BCUT2D eigenvalue weighted by atomic mass is 9.93. The fourth-order valence-electron chi connectivity index (χ4n) is 2.93. The Kier molecular flexibility index (Phi) is 5.47. The predicted molar refractivity (Wildman–Crippen MR) is 88.7 cm³/mol. The van der Waals surface area contributed by atoms with E-state index in [0.717, 1.165) is 19.0 Å². The largest absolute Gasteiger partial charge is 0.384 e. The quantitative estimate of drug-likeness (QED) is 0.834. The van der Waals surface area contributed by atoms with Crippen LogP contribution in [0.4, 0.5) is 5.69 Å². The first kappa shape index (κ1) is 15.4. The van der Waals surface area contributed by atoms with Crippen LogP contribution in [0.25, 0.3) is 0 Å². The molecule has 1 fully saturated rings. The normalized spacial score (nSPS) is 19.6. The highest BCUT2D eigenvalue weighted by atomic mass is 14.9. The highest BCUT2D eigenvalue weighted by molar-refractivity contribution is 5.54. The van der Waals surface area contributed by atoms with Gasteiger partial charge < -0.3 is 10.6 Å². The van der Waals surface area contributed by atoms with Gasteiger partial charge in [-0.25, -0.2) is 0 Å². The zero-order valence-electron chi connectivity index (χ0n) is 13.5. The fraction of sp³-hybridized carbons (Fsp3) is 0.667. The van der Waals surface area contributed by atoms with Crippen molar-refractivity contribution in [3.63, 3.8) is 0 Å². The topological polar surface area (TPSA) is 24.1 Å². The molecule has 1 aliphatic heterocycles. The van der Waals surface area contributed by atoms with Gasteiger partial charge in [-0.2, -0.15) is 0 Å². The predicted octanol–water partition coefficient (Wildman–Crippen LogP) is 4.34. The number of rotatable bonds is 5. The van der Waals surface area contributed by atoms with Gasteiger partial charge in [-0.15, -0.1) is 0 Å². The molecule has 1 aromatic rings. The molecule has 1 unspecified atom stereocenters. The Balaban J connectivity index is 2.05. The first-order chi connectivity index (χ1) is 9.58. The van der Waals surface area contributed by atoms with Crippen molar-refractivity contribution in [1.29, 1.82) is 0 Å². The van der Waals surface area contributed by atoms with Crippen molar-refractivity contribution in [2.45, 2.75) is 52.4 Å². The Morgan fingerprint density at radius 3 is 2.60 bits per heavy atom. The van der Waals surface area contributed by atoms with Crippen molar-refractivity contribution >= 4 is 5.69 Å². The van der Waals surface area contributed by atoms with E-state index in [2.05, 4.69) is 56.5 Å². The van der Waals surface area contributed by atoms with Crippen molar-refractivity contribution < 1.29 is 0 Å². The van der Waals surface area contributed by atoms with Gasteiger partial charge in [0.05, 0.1) is 0 Å². The summed E-state index contributed by atoms with van der Waals surface area (Å²) < 4.78 is 0. The minimum Gasteiger partial charge on any atom is -0.384 e. The number of benzene rings is 1. The standard InChI is InChI=1S/C18H30N2/c1-13(2)16-7-8-18(17(10-16)14(3)4)20-12-15-6-5-9-19-11-15/h7-8,10,13-15,19-20H,5-6,9,11-12H2,1-4H3. The lowest BCUT2D eigenvalue weighted by molar-refractivity contribution is 0.393. The van der Waals surface area contributed by atoms with Gasteiger partial charge in [0.1, 0.15) is 0 Å². The first-order valence-electron chi connectivity index (χ1n) is 8.16. The molecular weight excluding hydrogens is 244 g/mol. The van der Waals surface area contributed by atoms with Gasteiger partial charge in [-0.05, 0) is 60.9 Å². The summed E-state index contributed by atoms with van der Waals surface area (Å²) >= 11 is 0. The van der Waals surface area contributed by atoms with Gasteiger partial charge in [-0.3, -0.25) is 0 Å². The van der Waals surface area contributed by atoms with Gasteiger partial charge in [0.25, 0.3) is 0 Å². The molecule has 0 aliphatic carbocycles. The number of hydrogen-bond acceptors (Lipinski definition) is 2. The zero-order valence-corrected chi connectivity index (χ0v) is 13.5. The Morgan fingerprint density at radius 2 is 2.00 bits per heavy atom. The van der Waals surface area contributed by atoms with Crippen molar-refractivity contribution in [1.82, 2.24) is 5.32 Å². The van der Waals surface area contributed by atoms with E-state index in [9.17, 15) is 0 Å². The van der Waals surface area contributed by atoms with Crippen LogP contribution in [0.3, 0.4) is 0 Å². The summed E-state index contributed by atoms with van der Waals surface area (Å²) in [5.41, 5.74) is 4.23. The summed E-state index contributed by atoms with van der Waals surface area (Å²) in [7, 11) is 0. The summed E-state index contributed by atoms with van der Waals surface area (Å²) in [5.74, 6) is 1.94. The molecule has 0 saturated carbocycles. The molecule has 20 heavy (non-hydrogen) atoms. The molecule has 1 saturated heterocycles. The number of hydrogen-bond donors (Lipinski definition) is 2. The maximum Gasteiger partial charge on any atom is 0.0375 e. The van der Waals surface area contributed by atoms with Crippen molar-refractivity contribution in [2.24, 2.45) is 5.92 Å². The van der Waals surface area contributed by atoms with E-state index in [0.29, 0.717) is 11.8 Å². The Morgan fingerprint density at radius 1 is 1.20 bits per heavy atom. The average molecular weight is 274 g/mol. The van der Waals surface area contributed by atoms with Crippen molar-refractivity contribution in [3.05, 3.63) is 29.3 Å². The third-order valence-electron chi connectivity index (χ3n) is 4.34. The molecule has 1 atom stereocenters. The van der Waals surface area contributed by atoms with Crippen LogP contribution in [-0.2, 0) is 0 Å². The van der Waals surface area contributed by atoms with Crippen LogP contribution >= 0.6 is 0 Å². The third-order valence-corrected chi connectivity index (χ3v) is 4.34. The molecule has 1 aromatic carbocycles. The Bertz CT molecular complexity index is 417. The van der Waals surface area contributed by atoms with Gasteiger partial charge in [0.15, 0.2) is 0 Å². The molecule has 2 rings (SSSR count). The van der Waals surface area contributed by atoms with E-state index in [1.807, 2.05) is 0 Å². The van der Waals surface area contributed by atoms with Gasteiger partial charge in [-0.1, -0.05) is 39.8 Å². The lowest BCUT2D eigenvalue weighted by Crippen LogP contribution is -2.33. The average Bonchev–Trinajstić information content (AvgIpc) is 2.45. The maximum atomic E-state index is 3.69. The molecule has 0 bridgehead atoms. The molecule has 2 heteroatoms. The van der Waals surface area contributed by atoms with E-state index in [4.69, 9.17) is 0 Å². The van der Waals surface area contributed by atoms with Gasteiger partial charge in [0.2, 0.25) is 0 Å². The second-order valence-corrected chi connectivity index (χ2v) is 6.75. The second kappa shape index (κ2) is 7.12. The van der Waals surface area contributed by atoms with Crippen LogP contribution < -0.4 is 10.6 Å². The minimum atomic E-state index is 0.570. The maximum absolute atomic E-state index is 3.69. The van der Waals surface area contributed by atoms with E-state index < -0.39 is 0 Å². The van der Waals surface area contributed by atoms with E-state index in [-0.39, 0.29) is 0 Å². The molecular formula is C18H30N2. The summed E-state index contributed by atoms with van der Waals surface area (Å²) in [4.78, 5) is 0. The minimum absolute atomic E-state index is 0.570. The summed E-state index contributed by atoms with van der Waals surface area (Å²) in [5, 5.41) is 7.18. The molecule has 1 heterocycles. The van der Waals surface area contributed by atoms with Crippen LogP contribution in [0.2, 0.25) is 0 Å². The summed E-state index contributed by atoms with van der Waals surface area (Å²) in [6.07, 6.45) is 2.66. The van der Waals surface area contributed by atoms with E-state index >= 15 is 0 Å². The van der Waals surface area contributed by atoms with E-state index in [1.54, 1.807) is 0 Å². The third kappa shape index (κ3) is 3.99. The van der Waals surface area contributed by atoms with E-state index in [1.165, 1.54) is 36.2 Å². The van der Waals surface area contributed by atoms with Crippen molar-refractivity contribution in [3.8, 4) is 0 Å². The molecule has 0 spiro atoms. The molecule has 2 nitrogen and oxygen atoms in total. The highest BCUT2D eigenvalue weighted by Gasteiger charge is 2.14. The number of piperidine rings is 1. The first-order valence-corrected chi connectivity index (χ1v) is 8.16. The SMILES string of the molecule is CC(C)c1ccc(NCC2CCCNC2)c(C(C)C)c1. The zero-order chi connectivity index (χ0) is 14.5. The molecule has 2 N–H and O–H groups in total. The fourth-order valence-corrected chi connectivity index (χ4v) is 2.93. The van der Waals surface area contributed by atoms with Crippen LogP contribution in [0.1, 0.15) is 63.5 Å². The monoisotopic (exact) mass is 274 g/mol. The molecule has 1 aliphatic rings. The van der Waals surface area contributed by atoms with Gasteiger partial charge >= 0.3 is 0 Å². The van der Waals surface area contributed by atoms with Crippen LogP contribution in [-0.4, -0.2) is 19.6 Å². The smallest absolute Gasteiger partial charge is 0.0375 e. The summed E-state index contributed by atoms with van der Waals surface area (Å²) in [6.45, 7) is 12.5. The Labute approximate surface area is 124 Å². The van der Waals surface area contributed by atoms with Gasteiger partial charge in [0, 0.05) is 12.2 Å². The lowest BCUT2D eigenvalue weighted by Gasteiger charge is -2.25. The second-order valence-electron chi connectivity index (χ2n) is 6.75. The van der Waals surface area contributed by atoms with Crippen LogP contribution in [0, 0.1) is 5.92 Å². The van der Waals surface area contributed by atoms with Crippen molar-refractivity contribution in [2.75, 3.05) is 25.0 Å². The number of nitrogens with one attached hydrogen (secondary N) is 2. The highest BCUT2D eigenvalue weighted by Crippen LogP contribution is 2.28. The molecule has 0 radical (unpaired) electrons. The molecule has 0 amide bonds. The van der Waals surface area contributed by atoms with Crippen LogP contribution in [0.15, 0.2) is 18.2 Å². The molecule has 0 aromatic heterocycles.